The molecule has 0 N–H and O–H groups in total. The number of halogens is 2. The van der Waals surface area contributed by atoms with Crippen LogP contribution < -0.4 is 0 Å². The van der Waals surface area contributed by atoms with Gasteiger partial charge in [0.05, 0.1) is 0 Å². The van der Waals surface area contributed by atoms with Crippen LogP contribution in [0.15, 0.2) is 19.4 Å². The Morgan fingerprint density at radius 3 is 1.41 bits per heavy atom. The number of allylic oxidation sites excluding steroid dienone is 4. The van der Waals surface area contributed by atoms with E-state index >= 15 is 0 Å². The number of carbonyl (C=O) groups is 1. The van der Waals surface area contributed by atoms with Crippen molar-refractivity contribution in [2.75, 3.05) is 0 Å². The number of ketones is 1. The van der Waals surface area contributed by atoms with E-state index in [1.165, 1.54) is 7.24 Å². The van der Waals surface area contributed by atoms with E-state index in [1.54, 1.807) is 0 Å². The summed E-state index contributed by atoms with van der Waals surface area (Å²) >= 11 is 5.25. The summed E-state index contributed by atoms with van der Waals surface area (Å²) in [6, 6.07) is 0. The zero-order valence-electron chi connectivity index (χ0n) is 11.2. The molecule has 0 saturated heterocycles. The van der Waals surface area contributed by atoms with E-state index in [0.717, 1.165) is 0 Å². The van der Waals surface area contributed by atoms with Crippen LogP contribution in [0.5, 0.6) is 0 Å². The van der Waals surface area contributed by atoms with Gasteiger partial charge in [0.1, 0.15) is 0 Å². The molecule has 4 heteroatoms. The molecule has 0 bridgehead atoms. The van der Waals surface area contributed by atoms with Crippen LogP contribution in [0.3, 0.4) is 0 Å². The number of rotatable bonds is 0. The summed E-state index contributed by atoms with van der Waals surface area (Å²) in [4.78, 5) is 11.9. The summed E-state index contributed by atoms with van der Waals surface area (Å²) in [5.41, 5.74) is 0.0447. The van der Waals surface area contributed by atoms with E-state index in [-0.39, 0.29) is 16.6 Å². The molecule has 1 nitrogen and oxygen atoms in total. The molecule has 0 atom stereocenters. The van der Waals surface area contributed by atoms with Crippen molar-refractivity contribution >= 4 is 45.1 Å². The van der Waals surface area contributed by atoms with Crippen molar-refractivity contribution in [2.24, 2.45) is 10.8 Å². The second-order valence-electron chi connectivity index (χ2n) is 6.39. The molecule has 0 aliphatic carbocycles. The summed E-state index contributed by atoms with van der Waals surface area (Å²) in [6.07, 6.45) is 3.64. The zero-order valence-corrected chi connectivity index (χ0v) is 16.7. The van der Waals surface area contributed by atoms with Crippen LogP contribution >= 0.6 is 25.5 Å². The third-order valence-corrected chi connectivity index (χ3v) is 19.3. The van der Waals surface area contributed by atoms with Crippen molar-refractivity contribution in [1.29, 1.82) is 0 Å². The minimum atomic E-state index is -2.63. The van der Waals surface area contributed by atoms with Gasteiger partial charge in [0, 0.05) is 0 Å². The Morgan fingerprint density at radius 1 is 0.882 bits per heavy atom. The molecule has 0 aromatic rings. The summed E-state index contributed by atoms with van der Waals surface area (Å²) in [6.45, 7) is 13.0. The fourth-order valence-electron chi connectivity index (χ4n) is 1.77. The van der Waals surface area contributed by atoms with Crippen molar-refractivity contribution in [3.8, 4) is 0 Å². The first-order chi connectivity index (χ1) is 7.37. The van der Waals surface area contributed by atoms with Crippen molar-refractivity contribution in [2.45, 2.75) is 41.5 Å². The van der Waals surface area contributed by atoms with Crippen LogP contribution in [0, 0.1) is 10.8 Å². The van der Waals surface area contributed by atoms with Gasteiger partial charge in [-0.3, -0.25) is 0 Å². The first kappa shape index (κ1) is 16.0. The second-order valence-corrected chi connectivity index (χ2v) is 30.4. The Kier molecular flexibility index (Phi) is 4.49. The molecule has 0 saturated carbocycles. The molecule has 0 fully saturated rings. The Labute approximate surface area is 121 Å². The topological polar surface area (TPSA) is 17.1 Å². The number of hydrogen-bond donors (Lipinski definition) is 0. The maximum atomic E-state index is 11.9. The van der Waals surface area contributed by atoms with Crippen LogP contribution in [-0.2, 0) is 4.79 Å². The fourth-order valence-corrected chi connectivity index (χ4v) is 23.9. The van der Waals surface area contributed by atoms with Gasteiger partial charge in [-0.1, -0.05) is 0 Å². The predicted molar refractivity (Wildman–Crippen MR) is 83.7 cm³/mol. The van der Waals surface area contributed by atoms with Crippen LogP contribution in [0.4, 0.5) is 0 Å². The van der Waals surface area contributed by atoms with Crippen molar-refractivity contribution in [3.05, 3.63) is 19.4 Å². The number of carbonyl (C=O) groups excluding carboxylic acids is 1. The number of hydrogen-bond acceptors (Lipinski definition) is 1. The van der Waals surface area contributed by atoms with Crippen LogP contribution in [0.1, 0.15) is 41.5 Å². The standard InChI is InChI=1S/C13H20Br2OTe/c1-12(2,3)10-7-9(16)8-11(13(4,5)6)17(10,14)15/h7-8H,1-6H3. The first-order valence-corrected chi connectivity index (χ1v) is 18.4. The van der Waals surface area contributed by atoms with E-state index in [1.807, 2.05) is 12.2 Å². The van der Waals surface area contributed by atoms with E-state index in [9.17, 15) is 4.79 Å². The molecule has 1 aliphatic heterocycles. The molecular formula is C13H20Br2OTe. The van der Waals surface area contributed by atoms with Gasteiger partial charge in [-0.2, -0.15) is 0 Å². The van der Waals surface area contributed by atoms with Crippen molar-refractivity contribution in [3.63, 3.8) is 0 Å². The molecule has 0 amide bonds. The summed E-state index contributed by atoms with van der Waals surface area (Å²) < 4.78 is 2.52. The zero-order chi connectivity index (χ0) is 13.6. The quantitative estimate of drug-likeness (QED) is 0.455. The van der Waals surface area contributed by atoms with E-state index in [0.29, 0.717) is 0 Å². The fraction of sp³-hybridized carbons (Fsp3) is 0.615. The Morgan fingerprint density at radius 2 is 1.18 bits per heavy atom. The second kappa shape index (κ2) is 4.78. The van der Waals surface area contributed by atoms with E-state index < -0.39 is 13.8 Å². The van der Waals surface area contributed by atoms with Gasteiger partial charge in [0.15, 0.2) is 0 Å². The maximum absolute atomic E-state index is 11.9. The van der Waals surface area contributed by atoms with Crippen LogP contribution in [0.2, 0.25) is 0 Å². The molecule has 98 valence electrons. The van der Waals surface area contributed by atoms with Gasteiger partial charge in [0.25, 0.3) is 0 Å². The molecular weight excluding hydrogens is 460 g/mol. The van der Waals surface area contributed by atoms with Gasteiger partial charge in [0.2, 0.25) is 0 Å². The minimum absolute atomic E-state index is 0.0224. The average Bonchev–Trinajstić information content (AvgIpc) is 2.04. The van der Waals surface area contributed by atoms with Gasteiger partial charge in [-0.05, 0) is 0 Å². The molecule has 0 unspecified atom stereocenters. The van der Waals surface area contributed by atoms with Crippen molar-refractivity contribution < 1.29 is 4.79 Å². The third kappa shape index (κ3) is 3.47. The van der Waals surface area contributed by atoms with Gasteiger partial charge in [-0.15, -0.1) is 0 Å². The van der Waals surface area contributed by atoms with Gasteiger partial charge in [-0.25, -0.2) is 0 Å². The van der Waals surface area contributed by atoms with E-state index in [2.05, 4.69) is 67.1 Å². The third-order valence-electron chi connectivity index (χ3n) is 2.58. The molecule has 1 aliphatic rings. The van der Waals surface area contributed by atoms with Crippen LogP contribution in [-0.4, -0.2) is 19.5 Å². The summed E-state index contributed by atoms with van der Waals surface area (Å²) in [7, 11) is 0. The molecule has 1 heterocycles. The SMILES string of the molecule is CC(C)(C)C1=CC(=O)C=C(C(C)(C)C)[Te]1(Br)Br. The molecule has 1 rings (SSSR count). The van der Waals surface area contributed by atoms with Crippen molar-refractivity contribution in [1.82, 2.24) is 0 Å². The normalized spacial score (nSPS) is 22.9. The average molecular weight is 480 g/mol. The molecule has 0 aromatic heterocycles. The predicted octanol–water partition coefficient (Wildman–Crippen LogP) is 4.82. The molecule has 17 heavy (non-hydrogen) atoms. The molecule has 0 spiro atoms. The van der Waals surface area contributed by atoms with Crippen LogP contribution in [0.25, 0.3) is 0 Å². The Bertz CT molecular complexity index is 370. The molecule has 0 aromatic carbocycles. The summed E-state index contributed by atoms with van der Waals surface area (Å²) in [5, 5.41) is 0. The van der Waals surface area contributed by atoms with Gasteiger partial charge < -0.3 is 0 Å². The monoisotopic (exact) mass is 480 g/mol. The van der Waals surface area contributed by atoms with Gasteiger partial charge >= 0.3 is 122 Å². The Balaban J connectivity index is 3.38. The first-order valence-electron chi connectivity index (χ1n) is 5.58. The molecule has 0 radical (unpaired) electrons. The van der Waals surface area contributed by atoms with E-state index in [4.69, 9.17) is 0 Å². The summed E-state index contributed by atoms with van der Waals surface area (Å²) in [5.74, 6) is 0.126. The Hall–Kier alpha value is 0.900.